The van der Waals surface area contributed by atoms with Gasteiger partial charge in [0, 0.05) is 16.3 Å². The van der Waals surface area contributed by atoms with Crippen molar-refractivity contribution in [2.24, 2.45) is 0 Å². The van der Waals surface area contributed by atoms with Gasteiger partial charge in [0.2, 0.25) is 0 Å². The number of fused-ring (bicyclic) bond motifs is 1. The number of rotatable bonds is 2. The van der Waals surface area contributed by atoms with Crippen LogP contribution in [0.5, 0.6) is 0 Å². The van der Waals surface area contributed by atoms with Gasteiger partial charge in [-0.15, -0.1) is 0 Å². The molecule has 0 spiro atoms. The van der Waals surface area contributed by atoms with E-state index in [0.29, 0.717) is 21.4 Å². The van der Waals surface area contributed by atoms with Crippen LogP contribution in [0, 0.1) is 0 Å². The summed E-state index contributed by atoms with van der Waals surface area (Å²) in [4.78, 5) is 16.4. The van der Waals surface area contributed by atoms with Gasteiger partial charge in [-0.1, -0.05) is 29.0 Å². The number of nitrogen functional groups attached to an aromatic ring is 1. The summed E-state index contributed by atoms with van der Waals surface area (Å²) in [5, 5.41) is 3.95. The van der Waals surface area contributed by atoms with E-state index >= 15 is 0 Å². The molecule has 0 saturated carbocycles. The lowest BCUT2D eigenvalue weighted by Gasteiger charge is -2.02. The highest BCUT2D eigenvalue weighted by Gasteiger charge is 2.10. The average Bonchev–Trinajstić information content (AvgIpc) is 2.80. The molecule has 0 aliphatic heterocycles. The largest absolute Gasteiger partial charge is 0.399 e. The number of benzene rings is 2. The van der Waals surface area contributed by atoms with Gasteiger partial charge in [-0.2, -0.15) is 0 Å². The van der Waals surface area contributed by atoms with E-state index in [2.05, 4.69) is 10.3 Å². The summed E-state index contributed by atoms with van der Waals surface area (Å²) in [6.07, 6.45) is 0. The Morgan fingerprint density at radius 1 is 1.25 bits per heavy atom. The second kappa shape index (κ2) is 5.11. The fourth-order valence-electron chi connectivity index (χ4n) is 1.80. The summed E-state index contributed by atoms with van der Waals surface area (Å²) in [5.74, 6) is -0.234. The summed E-state index contributed by atoms with van der Waals surface area (Å²) in [6.45, 7) is 0. The van der Waals surface area contributed by atoms with Crippen LogP contribution in [0.1, 0.15) is 10.4 Å². The Morgan fingerprint density at radius 2 is 2.10 bits per heavy atom. The number of hydrogen-bond acceptors (Lipinski definition) is 4. The zero-order valence-corrected chi connectivity index (χ0v) is 11.8. The van der Waals surface area contributed by atoms with E-state index in [1.165, 1.54) is 11.3 Å². The van der Waals surface area contributed by atoms with Crippen molar-refractivity contribution in [3.05, 3.63) is 53.1 Å². The van der Waals surface area contributed by atoms with Gasteiger partial charge in [0.25, 0.3) is 5.91 Å². The van der Waals surface area contributed by atoms with E-state index in [1.807, 2.05) is 12.1 Å². The SMILES string of the molecule is Nc1cccc(C(=O)Nc2nc3ccc(Cl)cc3s2)c1. The van der Waals surface area contributed by atoms with Crippen LogP contribution in [0.25, 0.3) is 10.2 Å². The van der Waals surface area contributed by atoms with Crippen LogP contribution >= 0.6 is 22.9 Å². The predicted octanol–water partition coefficient (Wildman–Crippen LogP) is 3.78. The molecule has 3 aromatic rings. The van der Waals surface area contributed by atoms with Gasteiger partial charge in [-0.05, 0) is 36.4 Å². The van der Waals surface area contributed by atoms with Crippen molar-refractivity contribution in [1.29, 1.82) is 0 Å². The van der Waals surface area contributed by atoms with E-state index in [1.54, 1.807) is 30.3 Å². The normalized spacial score (nSPS) is 10.7. The van der Waals surface area contributed by atoms with Crippen LogP contribution < -0.4 is 11.1 Å². The zero-order chi connectivity index (χ0) is 14.1. The summed E-state index contributed by atoms with van der Waals surface area (Å²) >= 11 is 7.30. The average molecular weight is 304 g/mol. The fourth-order valence-corrected chi connectivity index (χ4v) is 2.94. The van der Waals surface area contributed by atoms with Crippen molar-refractivity contribution in [3.8, 4) is 0 Å². The molecular formula is C14H10ClN3OS. The van der Waals surface area contributed by atoms with Crippen LogP contribution in [0.4, 0.5) is 10.8 Å². The molecule has 0 saturated heterocycles. The van der Waals surface area contributed by atoms with Gasteiger partial charge in [0.15, 0.2) is 5.13 Å². The zero-order valence-electron chi connectivity index (χ0n) is 10.3. The Bertz CT molecular complexity index is 800. The van der Waals surface area contributed by atoms with Gasteiger partial charge in [0.1, 0.15) is 0 Å². The van der Waals surface area contributed by atoms with Crippen molar-refractivity contribution in [3.63, 3.8) is 0 Å². The van der Waals surface area contributed by atoms with Crippen LogP contribution in [-0.2, 0) is 0 Å². The van der Waals surface area contributed by atoms with Crippen molar-refractivity contribution in [1.82, 2.24) is 4.98 Å². The second-order valence-electron chi connectivity index (χ2n) is 4.21. The lowest BCUT2D eigenvalue weighted by atomic mass is 10.2. The number of anilines is 2. The number of halogens is 1. The molecule has 4 nitrogen and oxygen atoms in total. The Balaban J connectivity index is 1.87. The molecule has 3 N–H and O–H groups in total. The summed E-state index contributed by atoms with van der Waals surface area (Å²) in [6, 6.07) is 12.2. The van der Waals surface area contributed by atoms with Crippen LogP contribution in [-0.4, -0.2) is 10.9 Å². The second-order valence-corrected chi connectivity index (χ2v) is 5.68. The highest BCUT2D eigenvalue weighted by Crippen LogP contribution is 2.28. The molecule has 0 fully saturated rings. The van der Waals surface area contributed by atoms with Crippen LogP contribution in [0.15, 0.2) is 42.5 Å². The number of carbonyl (C=O) groups is 1. The first-order valence-electron chi connectivity index (χ1n) is 5.85. The maximum absolute atomic E-state index is 12.1. The van der Waals surface area contributed by atoms with E-state index < -0.39 is 0 Å². The first-order valence-corrected chi connectivity index (χ1v) is 7.04. The molecule has 6 heteroatoms. The van der Waals surface area contributed by atoms with Crippen LogP contribution in [0.3, 0.4) is 0 Å². The molecule has 3 rings (SSSR count). The smallest absolute Gasteiger partial charge is 0.257 e. The molecule has 1 amide bonds. The standard InChI is InChI=1S/C14H10ClN3OS/c15-9-4-5-11-12(7-9)20-14(17-11)18-13(19)8-2-1-3-10(16)6-8/h1-7H,16H2,(H,17,18,19). The van der Waals surface area contributed by atoms with E-state index in [4.69, 9.17) is 17.3 Å². The molecule has 0 aliphatic rings. The number of amides is 1. The number of hydrogen-bond donors (Lipinski definition) is 2. The first kappa shape index (κ1) is 12.9. The number of carbonyl (C=O) groups excluding carboxylic acids is 1. The molecule has 1 heterocycles. The molecule has 100 valence electrons. The van der Waals surface area contributed by atoms with Gasteiger partial charge >= 0.3 is 0 Å². The minimum Gasteiger partial charge on any atom is -0.399 e. The monoisotopic (exact) mass is 303 g/mol. The Labute approximate surface area is 124 Å². The van der Waals surface area contributed by atoms with E-state index in [-0.39, 0.29) is 5.91 Å². The third kappa shape index (κ3) is 2.59. The molecule has 0 radical (unpaired) electrons. The van der Waals surface area contributed by atoms with Gasteiger partial charge in [-0.25, -0.2) is 4.98 Å². The quantitative estimate of drug-likeness (QED) is 0.708. The first-order chi connectivity index (χ1) is 9.61. The topological polar surface area (TPSA) is 68.0 Å². The van der Waals surface area contributed by atoms with Crippen LogP contribution in [0.2, 0.25) is 5.02 Å². The van der Waals surface area contributed by atoms with Crippen molar-refractivity contribution in [2.45, 2.75) is 0 Å². The lowest BCUT2D eigenvalue weighted by molar-refractivity contribution is 0.102. The lowest BCUT2D eigenvalue weighted by Crippen LogP contribution is -2.11. The van der Waals surface area contributed by atoms with Gasteiger partial charge < -0.3 is 5.73 Å². The predicted molar refractivity (Wildman–Crippen MR) is 83.4 cm³/mol. The molecule has 20 heavy (non-hydrogen) atoms. The fraction of sp³-hybridized carbons (Fsp3) is 0. The molecule has 2 aromatic carbocycles. The number of thiazole rings is 1. The van der Waals surface area contributed by atoms with Gasteiger partial charge in [0.05, 0.1) is 10.2 Å². The summed E-state index contributed by atoms with van der Waals surface area (Å²) in [5.41, 5.74) is 7.52. The molecule has 0 bridgehead atoms. The maximum Gasteiger partial charge on any atom is 0.257 e. The Morgan fingerprint density at radius 3 is 2.90 bits per heavy atom. The molecule has 1 aromatic heterocycles. The van der Waals surface area contributed by atoms with E-state index in [9.17, 15) is 4.79 Å². The maximum atomic E-state index is 12.1. The van der Waals surface area contributed by atoms with E-state index in [0.717, 1.165) is 10.2 Å². The van der Waals surface area contributed by atoms with Gasteiger partial charge in [-0.3, -0.25) is 10.1 Å². The Kier molecular flexibility index (Phi) is 3.30. The number of aromatic nitrogens is 1. The minimum atomic E-state index is -0.234. The highest BCUT2D eigenvalue weighted by molar-refractivity contribution is 7.22. The van der Waals surface area contributed by atoms with Crippen molar-refractivity contribution in [2.75, 3.05) is 11.1 Å². The minimum absolute atomic E-state index is 0.234. The third-order valence-electron chi connectivity index (χ3n) is 2.72. The Hall–Kier alpha value is -2.11. The summed E-state index contributed by atoms with van der Waals surface area (Å²) < 4.78 is 0.931. The number of nitrogens with one attached hydrogen (secondary N) is 1. The molecule has 0 atom stereocenters. The molecule has 0 unspecified atom stereocenters. The third-order valence-corrected chi connectivity index (χ3v) is 3.89. The molecule has 0 aliphatic carbocycles. The van der Waals surface area contributed by atoms with Crippen molar-refractivity contribution < 1.29 is 4.79 Å². The number of nitrogens with two attached hydrogens (primary N) is 1. The number of nitrogens with zero attached hydrogens (tertiary/aromatic N) is 1. The highest BCUT2D eigenvalue weighted by atomic mass is 35.5. The summed E-state index contributed by atoms with van der Waals surface area (Å²) in [7, 11) is 0. The molecular weight excluding hydrogens is 294 g/mol. The van der Waals surface area contributed by atoms with Crippen molar-refractivity contribution >= 4 is 49.9 Å².